The van der Waals surface area contributed by atoms with Gasteiger partial charge in [-0.3, -0.25) is 4.79 Å². The molecule has 1 saturated carbocycles. The number of carbonyl (C=O) groups excluding carboxylic acids is 1. The first kappa shape index (κ1) is 18.2. The highest BCUT2D eigenvalue weighted by Crippen LogP contribution is 2.38. The molecule has 2 aromatic carbocycles. The molecule has 2 aromatic heterocycles. The van der Waals surface area contributed by atoms with Crippen LogP contribution in [0.15, 0.2) is 59.0 Å². The van der Waals surface area contributed by atoms with Crippen LogP contribution in [-0.2, 0) is 0 Å². The molecular formula is C24H21ClN2O2. The third-order valence-electron chi connectivity index (χ3n) is 5.72. The van der Waals surface area contributed by atoms with Crippen molar-refractivity contribution >= 4 is 28.4 Å². The normalized spacial score (nSPS) is 14.7. The lowest BCUT2D eigenvalue weighted by atomic mass is 10.1. The standard InChI is InChI=1S/C24H21ClN2O2/c1-15(28)16-9-10-21-20(14-16)26-24(27(21)19-7-2-3-8-19)23-12-11-22(29-23)17-5-4-6-18(25)13-17/h4-6,9-14,19H,2-3,7-8H2,1H3. The summed E-state index contributed by atoms with van der Waals surface area (Å²) in [5.41, 5.74) is 3.50. The smallest absolute Gasteiger partial charge is 0.177 e. The van der Waals surface area contributed by atoms with Gasteiger partial charge in [-0.25, -0.2) is 4.98 Å². The summed E-state index contributed by atoms with van der Waals surface area (Å²) in [7, 11) is 0. The summed E-state index contributed by atoms with van der Waals surface area (Å²) in [4.78, 5) is 16.7. The Labute approximate surface area is 174 Å². The van der Waals surface area contributed by atoms with Gasteiger partial charge < -0.3 is 8.98 Å². The number of nitrogens with zero attached hydrogens (tertiary/aromatic N) is 2. The van der Waals surface area contributed by atoms with Crippen LogP contribution in [0, 0.1) is 0 Å². The lowest BCUT2D eigenvalue weighted by Crippen LogP contribution is -2.06. The maximum absolute atomic E-state index is 11.8. The second-order valence-corrected chi connectivity index (χ2v) is 8.11. The second kappa shape index (κ2) is 7.20. The van der Waals surface area contributed by atoms with Crippen molar-refractivity contribution in [2.45, 2.75) is 38.6 Å². The van der Waals surface area contributed by atoms with Gasteiger partial charge in [-0.05, 0) is 62.2 Å². The van der Waals surface area contributed by atoms with Crippen molar-refractivity contribution in [3.8, 4) is 22.9 Å². The van der Waals surface area contributed by atoms with Crippen LogP contribution in [0.1, 0.15) is 49.0 Å². The number of furan rings is 1. The van der Waals surface area contributed by atoms with Gasteiger partial charge in [-0.2, -0.15) is 0 Å². The first-order valence-corrected chi connectivity index (χ1v) is 10.4. The number of halogens is 1. The molecule has 4 nitrogen and oxygen atoms in total. The van der Waals surface area contributed by atoms with Crippen LogP contribution in [0.4, 0.5) is 0 Å². The average molecular weight is 405 g/mol. The van der Waals surface area contributed by atoms with Crippen LogP contribution in [-0.4, -0.2) is 15.3 Å². The van der Waals surface area contributed by atoms with E-state index < -0.39 is 0 Å². The number of fused-ring (bicyclic) bond motifs is 1. The van der Waals surface area contributed by atoms with E-state index in [0.29, 0.717) is 16.6 Å². The molecule has 0 atom stereocenters. The zero-order valence-corrected chi connectivity index (χ0v) is 16.9. The number of ketones is 1. The fourth-order valence-corrected chi connectivity index (χ4v) is 4.47. The first-order valence-electron chi connectivity index (χ1n) is 9.99. The molecular weight excluding hydrogens is 384 g/mol. The number of hydrogen-bond acceptors (Lipinski definition) is 3. The zero-order valence-electron chi connectivity index (χ0n) is 16.2. The van der Waals surface area contributed by atoms with E-state index in [1.165, 1.54) is 12.8 Å². The lowest BCUT2D eigenvalue weighted by molar-refractivity contribution is 0.101. The zero-order chi connectivity index (χ0) is 20.0. The van der Waals surface area contributed by atoms with Gasteiger partial charge in [0.2, 0.25) is 0 Å². The number of carbonyl (C=O) groups is 1. The fraction of sp³-hybridized carbons (Fsp3) is 0.250. The third kappa shape index (κ3) is 3.28. The molecule has 2 heterocycles. The third-order valence-corrected chi connectivity index (χ3v) is 5.96. The van der Waals surface area contributed by atoms with Crippen LogP contribution in [0.2, 0.25) is 5.02 Å². The van der Waals surface area contributed by atoms with Gasteiger partial charge >= 0.3 is 0 Å². The molecule has 0 saturated heterocycles. The van der Waals surface area contributed by atoms with E-state index in [1.54, 1.807) is 6.92 Å². The van der Waals surface area contributed by atoms with Gasteiger partial charge in [-0.1, -0.05) is 36.6 Å². The summed E-state index contributed by atoms with van der Waals surface area (Å²) < 4.78 is 8.51. The summed E-state index contributed by atoms with van der Waals surface area (Å²) in [6, 6.07) is 17.7. The Morgan fingerprint density at radius 2 is 1.86 bits per heavy atom. The largest absolute Gasteiger partial charge is 0.453 e. The minimum atomic E-state index is 0.0464. The Morgan fingerprint density at radius 3 is 2.62 bits per heavy atom. The highest BCUT2D eigenvalue weighted by molar-refractivity contribution is 6.30. The highest BCUT2D eigenvalue weighted by atomic mass is 35.5. The number of aromatic nitrogens is 2. The topological polar surface area (TPSA) is 48.0 Å². The molecule has 0 bridgehead atoms. The Kier molecular flexibility index (Phi) is 4.51. The lowest BCUT2D eigenvalue weighted by Gasteiger charge is -2.15. The highest BCUT2D eigenvalue weighted by Gasteiger charge is 2.25. The minimum absolute atomic E-state index is 0.0464. The van der Waals surface area contributed by atoms with E-state index in [2.05, 4.69) is 4.57 Å². The molecule has 146 valence electrons. The van der Waals surface area contributed by atoms with Crippen molar-refractivity contribution < 1.29 is 9.21 Å². The van der Waals surface area contributed by atoms with Crippen LogP contribution in [0.3, 0.4) is 0 Å². The molecule has 0 aliphatic heterocycles. The molecule has 29 heavy (non-hydrogen) atoms. The van der Waals surface area contributed by atoms with E-state index in [4.69, 9.17) is 21.0 Å². The summed E-state index contributed by atoms with van der Waals surface area (Å²) in [5.74, 6) is 2.36. The molecule has 0 amide bonds. The molecule has 1 fully saturated rings. The van der Waals surface area contributed by atoms with E-state index in [-0.39, 0.29) is 5.78 Å². The molecule has 0 N–H and O–H groups in total. The summed E-state index contributed by atoms with van der Waals surface area (Å²) in [5, 5.41) is 0.676. The number of imidazole rings is 1. The van der Waals surface area contributed by atoms with Crippen LogP contribution in [0.25, 0.3) is 33.9 Å². The quantitative estimate of drug-likeness (QED) is 0.346. The van der Waals surface area contributed by atoms with Crippen molar-refractivity contribution in [2.24, 2.45) is 0 Å². The maximum atomic E-state index is 11.8. The van der Waals surface area contributed by atoms with Crippen LogP contribution >= 0.6 is 11.6 Å². The molecule has 5 rings (SSSR count). The molecule has 0 radical (unpaired) electrons. The second-order valence-electron chi connectivity index (χ2n) is 7.68. The maximum Gasteiger partial charge on any atom is 0.177 e. The summed E-state index contributed by atoms with van der Waals surface area (Å²) >= 11 is 6.14. The number of benzene rings is 2. The van der Waals surface area contributed by atoms with Crippen LogP contribution in [0.5, 0.6) is 0 Å². The number of hydrogen-bond donors (Lipinski definition) is 0. The first-order chi connectivity index (χ1) is 14.1. The average Bonchev–Trinajstić information content (AvgIpc) is 3.45. The van der Waals surface area contributed by atoms with Gasteiger partial charge in [0, 0.05) is 22.2 Å². The Bertz CT molecular complexity index is 1210. The van der Waals surface area contributed by atoms with Crippen LogP contribution < -0.4 is 0 Å². The van der Waals surface area contributed by atoms with Gasteiger partial charge in [0.05, 0.1) is 11.0 Å². The molecule has 1 aliphatic carbocycles. The van der Waals surface area contributed by atoms with Gasteiger partial charge in [0.25, 0.3) is 0 Å². The predicted octanol–water partition coefficient (Wildman–Crippen LogP) is 6.93. The molecule has 0 spiro atoms. The monoisotopic (exact) mass is 404 g/mol. The molecule has 0 unspecified atom stereocenters. The molecule has 1 aliphatic rings. The van der Waals surface area contributed by atoms with E-state index in [0.717, 1.165) is 46.8 Å². The molecule has 5 heteroatoms. The van der Waals surface area contributed by atoms with Crippen molar-refractivity contribution in [3.63, 3.8) is 0 Å². The SMILES string of the molecule is CC(=O)c1ccc2c(c1)nc(-c1ccc(-c3cccc(Cl)c3)o1)n2C1CCCC1. The van der Waals surface area contributed by atoms with Gasteiger partial charge in [-0.15, -0.1) is 0 Å². The summed E-state index contributed by atoms with van der Waals surface area (Å²) in [6.07, 6.45) is 4.71. The van der Waals surface area contributed by atoms with Crippen molar-refractivity contribution in [3.05, 3.63) is 65.2 Å². The van der Waals surface area contributed by atoms with Crippen molar-refractivity contribution in [2.75, 3.05) is 0 Å². The Morgan fingerprint density at radius 1 is 1.07 bits per heavy atom. The Hall–Kier alpha value is -2.85. The van der Waals surface area contributed by atoms with Gasteiger partial charge in [0.15, 0.2) is 17.4 Å². The number of Topliss-reactive ketones (excluding diaryl/α,β-unsaturated/α-hetero) is 1. The Balaban J connectivity index is 1.65. The van der Waals surface area contributed by atoms with E-state index in [9.17, 15) is 4.79 Å². The minimum Gasteiger partial charge on any atom is -0.453 e. The van der Waals surface area contributed by atoms with E-state index >= 15 is 0 Å². The number of rotatable bonds is 4. The predicted molar refractivity (Wildman–Crippen MR) is 115 cm³/mol. The van der Waals surface area contributed by atoms with Crippen molar-refractivity contribution in [1.82, 2.24) is 9.55 Å². The summed E-state index contributed by atoms with van der Waals surface area (Å²) in [6.45, 7) is 1.58. The fourth-order valence-electron chi connectivity index (χ4n) is 4.28. The van der Waals surface area contributed by atoms with Crippen molar-refractivity contribution in [1.29, 1.82) is 0 Å². The molecule has 4 aromatic rings. The van der Waals surface area contributed by atoms with E-state index in [1.807, 2.05) is 54.6 Å². The van der Waals surface area contributed by atoms with Gasteiger partial charge in [0.1, 0.15) is 5.76 Å².